The van der Waals surface area contributed by atoms with Gasteiger partial charge in [-0.25, -0.2) is 18.1 Å². The molecule has 23 heavy (non-hydrogen) atoms. The molecule has 0 bridgehead atoms. The molecule has 6 nitrogen and oxygen atoms in total. The molecular weight excluding hydrogens is 427 g/mol. The summed E-state index contributed by atoms with van der Waals surface area (Å²) in [4.78, 5) is 4.50. The number of halogens is 1. The summed E-state index contributed by atoms with van der Waals surface area (Å²) in [6, 6.07) is 10.0. The molecule has 8 heteroatoms. The Labute approximate surface area is 156 Å². The van der Waals surface area contributed by atoms with Gasteiger partial charge in [0.25, 0.3) is 0 Å². The van der Waals surface area contributed by atoms with E-state index in [1.807, 2.05) is 37.3 Å². The van der Waals surface area contributed by atoms with Gasteiger partial charge in [0, 0.05) is 19.6 Å². The normalized spacial score (nSPS) is 11.7. The van der Waals surface area contributed by atoms with E-state index >= 15 is 0 Å². The van der Waals surface area contributed by atoms with Crippen LogP contribution in [0, 0.1) is 0 Å². The van der Waals surface area contributed by atoms with Crippen molar-refractivity contribution in [3.8, 4) is 0 Å². The molecular formula is C15H27IN4O2S. The molecule has 0 saturated carbocycles. The molecule has 0 radical (unpaired) electrons. The lowest BCUT2D eigenvalue weighted by Gasteiger charge is -2.11. The molecule has 0 amide bonds. The minimum absolute atomic E-state index is 0. The molecule has 0 fully saturated rings. The fraction of sp³-hybridized carbons (Fsp3) is 0.533. The quantitative estimate of drug-likeness (QED) is 0.230. The van der Waals surface area contributed by atoms with Crippen molar-refractivity contribution in [3.05, 3.63) is 35.9 Å². The molecule has 0 unspecified atom stereocenters. The summed E-state index contributed by atoms with van der Waals surface area (Å²) in [5, 5.41) is 6.37. The van der Waals surface area contributed by atoms with E-state index < -0.39 is 10.0 Å². The van der Waals surface area contributed by atoms with E-state index in [4.69, 9.17) is 0 Å². The third-order valence-electron chi connectivity index (χ3n) is 2.95. The highest BCUT2D eigenvalue weighted by Gasteiger charge is 2.04. The molecule has 132 valence electrons. The number of nitrogens with zero attached hydrogens (tertiary/aromatic N) is 1. The Hall–Kier alpha value is -0.870. The first-order valence-corrected chi connectivity index (χ1v) is 9.26. The van der Waals surface area contributed by atoms with E-state index in [1.165, 1.54) is 0 Å². The van der Waals surface area contributed by atoms with E-state index in [0.717, 1.165) is 18.1 Å². The predicted octanol–water partition coefficient (Wildman–Crippen LogP) is 1.69. The van der Waals surface area contributed by atoms with Crippen LogP contribution in [0.4, 0.5) is 0 Å². The molecule has 1 rings (SSSR count). The zero-order chi connectivity index (χ0) is 16.3. The van der Waals surface area contributed by atoms with Crippen molar-refractivity contribution in [2.45, 2.75) is 26.8 Å². The summed E-state index contributed by atoms with van der Waals surface area (Å²) in [6.07, 6.45) is 0.703. The summed E-state index contributed by atoms with van der Waals surface area (Å²) in [7, 11) is -3.10. The van der Waals surface area contributed by atoms with Gasteiger partial charge >= 0.3 is 0 Å². The van der Waals surface area contributed by atoms with Crippen LogP contribution in [0.3, 0.4) is 0 Å². The topological polar surface area (TPSA) is 82.6 Å². The van der Waals surface area contributed by atoms with Crippen molar-refractivity contribution in [2.75, 3.05) is 25.4 Å². The van der Waals surface area contributed by atoms with E-state index in [1.54, 1.807) is 6.92 Å². The lowest BCUT2D eigenvalue weighted by atomic mass is 10.2. The van der Waals surface area contributed by atoms with E-state index in [9.17, 15) is 8.42 Å². The fourth-order valence-electron chi connectivity index (χ4n) is 1.72. The van der Waals surface area contributed by atoms with Crippen LogP contribution in [0.25, 0.3) is 0 Å². The highest BCUT2D eigenvalue weighted by atomic mass is 127. The number of aliphatic imine (C=N–C) groups is 1. The van der Waals surface area contributed by atoms with E-state index in [0.29, 0.717) is 26.1 Å². The van der Waals surface area contributed by atoms with Crippen LogP contribution in [0.2, 0.25) is 0 Å². The Balaban J connectivity index is 0.00000484. The van der Waals surface area contributed by atoms with Crippen LogP contribution in [-0.4, -0.2) is 39.8 Å². The average molecular weight is 454 g/mol. The van der Waals surface area contributed by atoms with Crippen LogP contribution >= 0.6 is 24.0 Å². The number of guanidine groups is 1. The molecule has 0 atom stereocenters. The van der Waals surface area contributed by atoms with Gasteiger partial charge in [-0.2, -0.15) is 0 Å². The lowest BCUT2D eigenvalue weighted by molar-refractivity contribution is 0.579. The molecule has 0 aliphatic rings. The van der Waals surface area contributed by atoms with Gasteiger partial charge in [0.1, 0.15) is 0 Å². The van der Waals surface area contributed by atoms with Crippen LogP contribution < -0.4 is 15.4 Å². The monoisotopic (exact) mass is 454 g/mol. The fourth-order valence-corrected chi connectivity index (χ4v) is 2.38. The third kappa shape index (κ3) is 10.5. The number of benzene rings is 1. The van der Waals surface area contributed by atoms with Crippen LogP contribution in [-0.2, 0) is 16.6 Å². The van der Waals surface area contributed by atoms with Gasteiger partial charge in [-0.1, -0.05) is 30.3 Å². The second-order valence-electron chi connectivity index (χ2n) is 4.76. The predicted molar refractivity (Wildman–Crippen MR) is 107 cm³/mol. The number of hydrogen-bond acceptors (Lipinski definition) is 3. The van der Waals surface area contributed by atoms with Gasteiger partial charge in [-0.05, 0) is 25.8 Å². The third-order valence-corrected chi connectivity index (χ3v) is 4.36. The average Bonchev–Trinajstić information content (AvgIpc) is 2.53. The highest BCUT2D eigenvalue weighted by molar-refractivity contribution is 14.0. The molecule has 3 N–H and O–H groups in total. The Morgan fingerprint density at radius 2 is 1.78 bits per heavy atom. The molecule has 0 aromatic heterocycles. The lowest BCUT2D eigenvalue weighted by Crippen LogP contribution is -2.38. The van der Waals surface area contributed by atoms with Crippen LogP contribution in [0.5, 0.6) is 0 Å². The smallest absolute Gasteiger partial charge is 0.211 e. The van der Waals surface area contributed by atoms with Gasteiger partial charge in [-0.3, -0.25) is 0 Å². The van der Waals surface area contributed by atoms with Crippen molar-refractivity contribution >= 4 is 40.0 Å². The highest BCUT2D eigenvalue weighted by Crippen LogP contribution is 1.99. The van der Waals surface area contributed by atoms with E-state index in [-0.39, 0.29) is 29.7 Å². The number of rotatable bonds is 9. The standard InChI is InChI=1S/C15H26N4O2S.HI/c1-3-16-15(18-13-14-9-6-5-7-10-14)17-11-8-12-19-22(20,21)4-2;/h5-7,9-10,19H,3-4,8,11-13H2,1-2H3,(H2,16,17,18);1H. The Kier molecular flexibility index (Phi) is 12.1. The largest absolute Gasteiger partial charge is 0.357 e. The Morgan fingerprint density at radius 3 is 2.39 bits per heavy atom. The SMILES string of the molecule is CCNC(=NCc1ccccc1)NCCCNS(=O)(=O)CC.I. The molecule has 1 aromatic carbocycles. The first-order valence-electron chi connectivity index (χ1n) is 7.61. The second kappa shape index (κ2) is 12.5. The maximum Gasteiger partial charge on any atom is 0.211 e. The van der Waals surface area contributed by atoms with Crippen molar-refractivity contribution in [1.82, 2.24) is 15.4 Å². The minimum Gasteiger partial charge on any atom is -0.357 e. The van der Waals surface area contributed by atoms with Crippen molar-refractivity contribution in [2.24, 2.45) is 4.99 Å². The summed E-state index contributed by atoms with van der Waals surface area (Å²) in [5.74, 6) is 0.853. The molecule has 0 aliphatic carbocycles. The molecule has 0 heterocycles. The van der Waals surface area contributed by atoms with Gasteiger partial charge in [-0.15, -0.1) is 24.0 Å². The van der Waals surface area contributed by atoms with Crippen molar-refractivity contribution < 1.29 is 8.42 Å². The van der Waals surface area contributed by atoms with Crippen molar-refractivity contribution in [1.29, 1.82) is 0 Å². The van der Waals surface area contributed by atoms with Gasteiger partial charge < -0.3 is 10.6 Å². The summed E-state index contributed by atoms with van der Waals surface area (Å²) < 4.78 is 25.1. The maximum absolute atomic E-state index is 11.3. The first kappa shape index (κ1) is 22.1. The van der Waals surface area contributed by atoms with E-state index in [2.05, 4.69) is 20.3 Å². The summed E-state index contributed by atoms with van der Waals surface area (Å²) >= 11 is 0. The first-order chi connectivity index (χ1) is 10.6. The van der Waals surface area contributed by atoms with Gasteiger partial charge in [0.15, 0.2) is 5.96 Å². The van der Waals surface area contributed by atoms with Crippen LogP contribution in [0.15, 0.2) is 35.3 Å². The maximum atomic E-state index is 11.3. The van der Waals surface area contributed by atoms with Crippen molar-refractivity contribution in [3.63, 3.8) is 0 Å². The molecule has 0 aliphatic heterocycles. The van der Waals surface area contributed by atoms with Gasteiger partial charge in [0.2, 0.25) is 10.0 Å². The number of sulfonamides is 1. The minimum atomic E-state index is -3.10. The summed E-state index contributed by atoms with van der Waals surface area (Å²) in [5.41, 5.74) is 1.15. The number of hydrogen-bond donors (Lipinski definition) is 3. The molecule has 0 spiro atoms. The Morgan fingerprint density at radius 1 is 1.09 bits per heavy atom. The zero-order valence-electron chi connectivity index (χ0n) is 13.7. The van der Waals surface area contributed by atoms with Crippen LogP contribution in [0.1, 0.15) is 25.8 Å². The second-order valence-corrected chi connectivity index (χ2v) is 6.85. The molecule has 1 aromatic rings. The number of nitrogens with one attached hydrogen (secondary N) is 3. The van der Waals surface area contributed by atoms with Gasteiger partial charge in [0.05, 0.1) is 12.3 Å². The molecule has 0 saturated heterocycles. The summed E-state index contributed by atoms with van der Waals surface area (Å²) in [6.45, 7) is 6.12. The Bertz CT molecular complexity index is 550. The zero-order valence-corrected chi connectivity index (χ0v) is 16.9.